The molecule has 2 rings (SSSR count). The van der Waals surface area contributed by atoms with Gasteiger partial charge < -0.3 is 11.1 Å². The van der Waals surface area contributed by atoms with Gasteiger partial charge in [0.05, 0.1) is 5.75 Å². The number of carbonyl (C=O) groups excluding carboxylic acids is 1. The number of thioether (sulfide) groups is 1. The van der Waals surface area contributed by atoms with Crippen LogP contribution in [0.15, 0.2) is 18.2 Å². The second kappa shape index (κ2) is 5.45. The number of anilines is 1. The molecule has 0 atom stereocenters. The highest BCUT2D eigenvalue weighted by molar-refractivity contribution is 7.99. The first-order chi connectivity index (χ1) is 8.16. The third-order valence-corrected chi connectivity index (χ3v) is 3.90. The van der Waals surface area contributed by atoms with Gasteiger partial charge in [-0.3, -0.25) is 4.79 Å². The zero-order chi connectivity index (χ0) is 12.3. The molecule has 3 nitrogen and oxygen atoms in total. The van der Waals surface area contributed by atoms with E-state index < -0.39 is 0 Å². The maximum Gasteiger partial charge on any atom is 0.230 e. The van der Waals surface area contributed by atoms with Crippen LogP contribution in [0.4, 0.5) is 5.69 Å². The highest BCUT2D eigenvalue weighted by Gasteiger charge is 2.22. The summed E-state index contributed by atoms with van der Waals surface area (Å²) in [4.78, 5) is 11.5. The van der Waals surface area contributed by atoms with E-state index in [2.05, 4.69) is 11.4 Å². The molecule has 0 heterocycles. The van der Waals surface area contributed by atoms with Gasteiger partial charge in [0.25, 0.3) is 0 Å². The monoisotopic (exact) mass is 250 g/mol. The van der Waals surface area contributed by atoms with Crippen molar-refractivity contribution in [2.45, 2.75) is 31.6 Å². The molecule has 0 aliphatic heterocycles. The lowest BCUT2D eigenvalue weighted by Crippen LogP contribution is -2.27. The topological polar surface area (TPSA) is 55.1 Å². The molecule has 1 aliphatic rings. The molecule has 0 unspecified atom stereocenters. The molecule has 0 saturated heterocycles. The number of nitrogen functional groups attached to an aromatic ring is 1. The van der Waals surface area contributed by atoms with Crippen LogP contribution in [-0.2, 0) is 10.5 Å². The number of nitrogens with one attached hydrogen (secondary N) is 1. The third kappa shape index (κ3) is 3.66. The van der Waals surface area contributed by atoms with Gasteiger partial charge in [-0.2, -0.15) is 0 Å². The zero-order valence-electron chi connectivity index (χ0n) is 10.0. The number of rotatable bonds is 5. The van der Waals surface area contributed by atoms with Crippen LogP contribution in [-0.4, -0.2) is 17.7 Å². The third-order valence-electron chi connectivity index (χ3n) is 2.92. The van der Waals surface area contributed by atoms with Gasteiger partial charge in [0, 0.05) is 17.5 Å². The van der Waals surface area contributed by atoms with Crippen LogP contribution in [0.5, 0.6) is 0 Å². The Labute approximate surface area is 106 Å². The van der Waals surface area contributed by atoms with E-state index in [1.807, 2.05) is 19.1 Å². The minimum absolute atomic E-state index is 0.152. The number of benzene rings is 1. The Kier molecular flexibility index (Phi) is 3.94. The SMILES string of the molecule is Cc1c(N)cccc1CSCC(=O)NC1CC1. The van der Waals surface area contributed by atoms with Crippen molar-refractivity contribution in [2.75, 3.05) is 11.5 Å². The van der Waals surface area contributed by atoms with Gasteiger partial charge in [0.15, 0.2) is 0 Å². The maximum absolute atomic E-state index is 11.5. The lowest BCUT2D eigenvalue weighted by molar-refractivity contribution is -0.118. The molecule has 1 aliphatic carbocycles. The molecule has 3 N–H and O–H groups in total. The molecule has 1 fully saturated rings. The van der Waals surface area contributed by atoms with Gasteiger partial charge in [-0.05, 0) is 37.0 Å². The molecule has 0 aromatic heterocycles. The first-order valence-electron chi connectivity index (χ1n) is 5.88. The molecule has 92 valence electrons. The van der Waals surface area contributed by atoms with Crippen molar-refractivity contribution in [3.63, 3.8) is 0 Å². The molecule has 0 bridgehead atoms. The minimum atomic E-state index is 0.152. The van der Waals surface area contributed by atoms with Crippen LogP contribution in [0.1, 0.15) is 24.0 Å². The molecule has 4 heteroatoms. The molecule has 1 saturated carbocycles. The largest absolute Gasteiger partial charge is 0.399 e. The van der Waals surface area contributed by atoms with Crippen LogP contribution in [0, 0.1) is 6.92 Å². The van der Waals surface area contributed by atoms with Crippen LogP contribution < -0.4 is 11.1 Å². The van der Waals surface area contributed by atoms with Crippen molar-refractivity contribution in [3.05, 3.63) is 29.3 Å². The Morgan fingerprint density at radius 3 is 3.00 bits per heavy atom. The molecular weight excluding hydrogens is 232 g/mol. The summed E-state index contributed by atoms with van der Waals surface area (Å²) in [5, 5.41) is 2.98. The average molecular weight is 250 g/mol. The molecule has 17 heavy (non-hydrogen) atoms. The quantitative estimate of drug-likeness (QED) is 0.787. The van der Waals surface area contributed by atoms with Gasteiger partial charge >= 0.3 is 0 Å². The first-order valence-corrected chi connectivity index (χ1v) is 7.03. The van der Waals surface area contributed by atoms with E-state index in [9.17, 15) is 4.79 Å². The molecule has 1 aromatic carbocycles. The van der Waals surface area contributed by atoms with E-state index in [-0.39, 0.29) is 5.91 Å². The molecule has 0 radical (unpaired) electrons. The summed E-state index contributed by atoms with van der Waals surface area (Å²) < 4.78 is 0. The lowest BCUT2D eigenvalue weighted by atomic mass is 10.1. The lowest BCUT2D eigenvalue weighted by Gasteiger charge is -2.08. The van der Waals surface area contributed by atoms with E-state index >= 15 is 0 Å². The molecular formula is C13H18N2OS. The number of carbonyl (C=O) groups is 1. The molecule has 0 spiro atoms. The van der Waals surface area contributed by atoms with E-state index in [1.165, 1.54) is 5.56 Å². The second-order valence-electron chi connectivity index (χ2n) is 4.47. The number of nitrogens with two attached hydrogens (primary N) is 1. The number of hydrogen-bond acceptors (Lipinski definition) is 3. The van der Waals surface area contributed by atoms with Crippen molar-refractivity contribution in [3.8, 4) is 0 Å². The predicted molar refractivity (Wildman–Crippen MR) is 72.9 cm³/mol. The summed E-state index contributed by atoms with van der Waals surface area (Å²) in [5.41, 5.74) is 9.01. The van der Waals surface area contributed by atoms with E-state index in [1.54, 1.807) is 11.8 Å². The van der Waals surface area contributed by atoms with E-state index in [0.717, 1.165) is 29.8 Å². The Morgan fingerprint density at radius 1 is 1.53 bits per heavy atom. The standard InChI is InChI=1S/C13H18N2OS/c1-9-10(3-2-4-12(9)14)7-17-8-13(16)15-11-5-6-11/h2-4,11H,5-8,14H2,1H3,(H,15,16). The summed E-state index contributed by atoms with van der Waals surface area (Å²) in [6.45, 7) is 2.02. The van der Waals surface area contributed by atoms with Crippen LogP contribution >= 0.6 is 11.8 Å². The van der Waals surface area contributed by atoms with Crippen LogP contribution in [0.25, 0.3) is 0 Å². The van der Waals surface area contributed by atoms with Crippen molar-refractivity contribution in [1.82, 2.24) is 5.32 Å². The summed E-state index contributed by atoms with van der Waals surface area (Å²) in [6, 6.07) is 6.39. The number of amides is 1. The van der Waals surface area contributed by atoms with Crippen molar-refractivity contribution >= 4 is 23.4 Å². The van der Waals surface area contributed by atoms with Gasteiger partial charge in [0.1, 0.15) is 0 Å². The van der Waals surface area contributed by atoms with Gasteiger partial charge in [-0.15, -0.1) is 11.8 Å². The summed E-state index contributed by atoms with van der Waals surface area (Å²) >= 11 is 1.64. The molecule has 1 amide bonds. The highest BCUT2D eigenvalue weighted by atomic mass is 32.2. The van der Waals surface area contributed by atoms with Crippen LogP contribution in [0.2, 0.25) is 0 Å². The fourth-order valence-electron chi connectivity index (χ4n) is 1.61. The van der Waals surface area contributed by atoms with Crippen molar-refractivity contribution < 1.29 is 4.79 Å². The van der Waals surface area contributed by atoms with E-state index in [0.29, 0.717) is 11.8 Å². The summed E-state index contributed by atoms with van der Waals surface area (Å²) in [7, 11) is 0. The minimum Gasteiger partial charge on any atom is -0.399 e. The van der Waals surface area contributed by atoms with Gasteiger partial charge in [-0.25, -0.2) is 0 Å². The average Bonchev–Trinajstić information content (AvgIpc) is 3.08. The first kappa shape index (κ1) is 12.3. The number of hydrogen-bond donors (Lipinski definition) is 2. The smallest absolute Gasteiger partial charge is 0.230 e. The fraction of sp³-hybridized carbons (Fsp3) is 0.462. The zero-order valence-corrected chi connectivity index (χ0v) is 10.8. The van der Waals surface area contributed by atoms with Gasteiger partial charge in [0.2, 0.25) is 5.91 Å². The Bertz CT molecular complexity index is 416. The summed E-state index contributed by atoms with van der Waals surface area (Å²) in [6.07, 6.45) is 2.29. The van der Waals surface area contributed by atoms with Crippen molar-refractivity contribution in [2.24, 2.45) is 0 Å². The summed E-state index contributed by atoms with van der Waals surface area (Å²) in [5.74, 6) is 1.53. The van der Waals surface area contributed by atoms with Crippen molar-refractivity contribution in [1.29, 1.82) is 0 Å². The highest BCUT2D eigenvalue weighted by Crippen LogP contribution is 2.21. The van der Waals surface area contributed by atoms with Gasteiger partial charge in [-0.1, -0.05) is 12.1 Å². The second-order valence-corrected chi connectivity index (χ2v) is 5.45. The normalized spacial score (nSPS) is 14.6. The van der Waals surface area contributed by atoms with E-state index in [4.69, 9.17) is 5.73 Å². The van der Waals surface area contributed by atoms with Crippen LogP contribution in [0.3, 0.4) is 0 Å². The Morgan fingerprint density at radius 2 is 2.29 bits per heavy atom. The fourth-order valence-corrected chi connectivity index (χ4v) is 2.51. The maximum atomic E-state index is 11.5. The molecule has 1 aromatic rings. The Balaban J connectivity index is 1.77. The Hall–Kier alpha value is -1.16. The predicted octanol–water partition coefficient (Wildman–Crippen LogP) is 2.09.